The lowest BCUT2D eigenvalue weighted by Gasteiger charge is -2.20. The van der Waals surface area contributed by atoms with Crippen molar-refractivity contribution in [3.05, 3.63) is 83.6 Å². The van der Waals surface area contributed by atoms with Gasteiger partial charge in [0.2, 0.25) is 5.89 Å². The summed E-state index contributed by atoms with van der Waals surface area (Å²) >= 11 is 0. The van der Waals surface area contributed by atoms with Crippen LogP contribution in [0, 0.1) is 0 Å². The Labute approximate surface area is 170 Å². The Morgan fingerprint density at radius 3 is 2.69 bits per heavy atom. The molecule has 3 aromatic rings. The van der Waals surface area contributed by atoms with E-state index in [1.54, 1.807) is 7.11 Å². The van der Waals surface area contributed by atoms with Gasteiger partial charge in [0.15, 0.2) is 5.69 Å². The van der Waals surface area contributed by atoms with Crippen molar-refractivity contribution in [3.63, 3.8) is 0 Å². The van der Waals surface area contributed by atoms with Gasteiger partial charge in [-0.3, -0.25) is 9.69 Å². The standard InChI is InChI=1S/C23H25N3O3/c1-28-20-9-5-8-18(12-20)14-26(19-10-11-19)15-22-25-21(16-29-22)23(27)24-13-17-6-3-2-4-7-17/h2-9,12,16,19H,10-11,13-15H2,1H3,(H,24,27). The van der Waals surface area contributed by atoms with E-state index in [2.05, 4.69) is 21.3 Å². The summed E-state index contributed by atoms with van der Waals surface area (Å²) in [7, 11) is 1.68. The van der Waals surface area contributed by atoms with Crippen LogP contribution in [0.15, 0.2) is 65.3 Å². The second kappa shape index (κ2) is 8.92. The highest BCUT2D eigenvalue weighted by Gasteiger charge is 2.30. The molecule has 0 unspecified atom stereocenters. The zero-order chi connectivity index (χ0) is 20.1. The maximum Gasteiger partial charge on any atom is 0.273 e. The summed E-state index contributed by atoms with van der Waals surface area (Å²) in [6.45, 7) is 1.83. The number of hydrogen-bond donors (Lipinski definition) is 1. The number of benzene rings is 2. The molecule has 6 heteroatoms. The molecule has 6 nitrogen and oxygen atoms in total. The molecule has 0 spiro atoms. The van der Waals surface area contributed by atoms with Gasteiger partial charge in [-0.2, -0.15) is 0 Å². The van der Waals surface area contributed by atoms with Crippen LogP contribution in [0.2, 0.25) is 0 Å². The number of nitrogens with one attached hydrogen (secondary N) is 1. The van der Waals surface area contributed by atoms with Crippen molar-refractivity contribution < 1.29 is 13.9 Å². The van der Waals surface area contributed by atoms with Crippen molar-refractivity contribution >= 4 is 5.91 Å². The Balaban J connectivity index is 1.36. The highest BCUT2D eigenvalue weighted by atomic mass is 16.5. The van der Waals surface area contributed by atoms with E-state index >= 15 is 0 Å². The lowest BCUT2D eigenvalue weighted by molar-refractivity contribution is 0.0945. The average Bonchev–Trinajstić information content (AvgIpc) is 3.51. The van der Waals surface area contributed by atoms with Crippen LogP contribution >= 0.6 is 0 Å². The molecular formula is C23H25N3O3. The number of nitrogens with zero attached hydrogens (tertiary/aromatic N) is 2. The Kier molecular flexibility index (Phi) is 5.91. The first-order chi connectivity index (χ1) is 14.2. The van der Waals surface area contributed by atoms with Crippen LogP contribution < -0.4 is 10.1 Å². The van der Waals surface area contributed by atoms with Crippen LogP contribution in [0.3, 0.4) is 0 Å². The third-order valence-electron chi connectivity index (χ3n) is 5.00. The highest BCUT2D eigenvalue weighted by molar-refractivity contribution is 5.91. The maximum absolute atomic E-state index is 12.4. The fraction of sp³-hybridized carbons (Fsp3) is 0.304. The van der Waals surface area contributed by atoms with Gasteiger partial charge in [-0.15, -0.1) is 0 Å². The number of hydrogen-bond acceptors (Lipinski definition) is 5. The van der Waals surface area contributed by atoms with E-state index < -0.39 is 0 Å². The first-order valence-corrected chi connectivity index (χ1v) is 9.85. The highest BCUT2D eigenvalue weighted by Crippen LogP contribution is 2.30. The topological polar surface area (TPSA) is 67.6 Å². The molecule has 1 aliphatic rings. The predicted octanol–water partition coefficient (Wildman–Crippen LogP) is 3.78. The molecule has 1 saturated carbocycles. The van der Waals surface area contributed by atoms with Crippen molar-refractivity contribution in [1.29, 1.82) is 0 Å². The lowest BCUT2D eigenvalue weighted by atomic mass is 10.2. The van der Waals surface area contributed by atoms with Crippen LogP contribution in [0.4, 0.5) is 0 Å². The van der Waals surface area contributed by atoms with E-state index in [1.807, 2.05) is 48.5 Å². The number of rotatable bonds is 9. The summed E-state index contributed by atoms with van der Waals surface area (Å²) in [4.78, 5) is 19.1. The molecule has 0 bridgehead atoms. The minimum atomic E-state index is -0.227. The number of carbonyl (C=O) groups is 1. The molecule has 1 fully saturated rings. The van der Waals surface area contributed by atoms with Crippen LogP contribution in [-0.4, -0.2) is 28.9 Å². The molecule has 1 amide bonds. The minimum Gasteiger partial charge on any atom is -0.497 e. The molecule has 150 valence electrons. The Morgan fingerprint density at radius 2 is 1.93 bits per heavy atom. The fourth-order valence-electron chi connectivity index (χ4n) is 3.29. The molecule has 2 aromatic carbocycles. The van der Waals surface area contributed by atoms with Gasteiger partial charge in [-0.25, -0.2) is 4.98 Å². The summed E-state index contributed by atoms with van der Waals surface area (Å²) in [5.74, 6) is 1.19. The molecule has 1 aromatic heterocycles. The fourth-order valence-corrected chi connectivity index (χ4v) is 3.29. The van der Waals surface area contributed by atoms with Crippen LogP contribution in [0.1, 0.15) is 40.3 Å². The van der Waals surface area contributed by atoms with Crippen molar-refractivity contribution in [1.82, 2.24) is 15.2 Å². The summed E-state index contributed by atoms with van der Waals surface area (Å²) in [6.07, 6.45) is 3.79. The van der Waals surface area contributed by atoms with E-state index in [1.165, 1.54) is 24.7 Å². The van der Waals surface area contributed by atoms with Gasteiger partial charge in [0.25, 0.3) is 5.91 Å². The monoisotopic (exact) mass is 391 g/mol. The molecule has 1 aliphatic carbocycles. The average molecular weight is 391 g/mol. The van der Waals surface area contributed by atoms with Crippen LogP contribution in [0.5, 0.6) is 5.75 Å². The number of aromatic nitrogens is 1. The largest absolute Gasteiger partial charge is 0.497 e. The number of carbonyl (C=O) groups excluding carboxylic acids is 1. The van der Waals surface area contributed by atoms with E-state index in [-0.39, 0.29) is 5.91 Å². The number of oxazole rings is 1. The Hall–Kier alpha value is -3.12. The molecule has 1 N–H and O–H groups in total. The molecule has 0 radical (unpaired) electrons. The summed E-state index contributed by atoms with van der Waals surface area (Å²) in [5, 5.41) is 2.88. The second-order valence-corrected chi connectivity index (χ2v) is 7.28. The zero-order valence-electron chi connectivity index (χ0n) is 16.5. The SMILES string of the molecule is COc1cccc(CN(Cc2nc(C(=O)NCc3ccccc3)co2)C2CC2)c1. The van der Waals surface area contributed by atoms with E-state index in [4.69, 9.17) is 9.15 Å². The van der Waals surface area contributed by atoms with Gasteiger partial charge in [0, 0.05) is 19.1 Å². The quantitative estimate of drug-likeness (QED) is 0.601. The normalized spacial score (nSPS) is 13.4. The van der Waals surface area contributed by atoms with Crippen molar-refractivity contribution in [3.8, 4) is 5.75 Å². The van der Waals surface area contributed by atoms with Gasteiger partial charge in [-0.1, -0.05) is 42.5 Å². The van der Waals surface area contributed by atoms with Crippen molar-refractivity contribution in [2.45, 2.75) is 38.5 Å². The Morgan fingerprint density at radius 1 is 1.14 bits per heavy atom. The number of methoxy groups -OCH3 is 1. The van der Waals surface area contributed by atoms with Gasteiger partial charge in [0.05, 0.1) is 13.7 Å². The van der Waals surface area contributed by atoms with E-state index in [0.29, 0.717) is 30.7 Å². The smallest absolute Gasteiger partial charge is 0.273 e. The zero-order valence-corrected chi connectivity index (χ0v) is 16.5. The molecule has 0 aliphatic heterocycles. The first-order valence-electron chi connectivity index (χ1n) is 9.85. The first kappa shape index (κ1) is 19.2. The molecule has 0 atom stereocenters. The molecule has 29 heavy (non-hydrogen) atoms. The molecular weight excluding hydrogens is 366 g/mol. The third kappa shape index (κ3) is 5.23. The Bertz CT molecular complexity index is 951. The minimum absolute atomic E-state index is 0.227. The molecule has 0 saturated heterocycles. The second-order valence-electron chi connectivity index (χ2n) is 7.28. The lowest BCUT2D eigenvalue weighted by Crippen LogP contribution is -2.26. The summed E-state index contributed by atoms with van der Waals surface area (Å²) in [5.41, 5.74) is 2.54. The summed E-state index contributed by atoms with van der Waals surface area (Å²) in [6, 6.07) is 18.4. The third-order valence-corrected chi connectivity index (χ3v) is 5.00. The van der Waals surface area contributed by atoms with Crippen molar-refractivity contribution in [2.75, 3.05) is 7.11 Å². The maximum atomic E-state index is 12.4. The van der Waals surface area contributed by atoms with Crippen LogP contribution in [0.25, 0.3) is 0 Å². The van der Waals surface area contributed by atoms with E-state index in [9.17, 15) is 4.79 Å². The number of ether oxygens (including phenoxy) is 1. The van der Waals surface area contributed by atoms with Gasteiger partial charge in [0.1, 0.15) is 12.0 Å². The van der Waals surface area contributed by atoms with Gasteiger partial charge in [-0.05, 0) is 36.1 Å². The predicted molar refractivity (Wildman–Crippen MR) is 109 cm³/mol. The van der Waals surface area contributed by atoms with Gasteiger partial charge >= 0.3 is 0 Å². The number of amides is 1. The molecule has 4 rings (SSSR count). The van der Waals surface area contributed by atoms with E-state index in [0.717, 1.165) is 17.9 Å². The van der Waals surface area contributed by atoms with Crippen LogP contribution in [-0.2, 0) is 19.6 Å². The summed E-state index contributed by atoms with van der Waals surface area (Å²) < 4.78 is 10.9. The van der Waals surface area contributed by atoms with Crippen molar-refractivity contribution in [2.24, 2.45) is 0 Å². The van der Waals surface area contributed by atoms with Gasteiger partial charge < -0.3 is 14.5 Å². The molecule has 1 heterocycles.